The monoisotopic (exact) mass is 244 g/mol. The van der Waals surface area contributed by atoms with Crippen molar-refractivity contribution in [2.24, 2.45) is 0 Å². The van der Waals surface area contributed by atoms with Gasteiger partial charge in [-0.05, 0) is 44.5 Å². The number of pyridine rings is 1. The minimum atomic E-state index is -0.583. The second-order valence-electron chi connectivity index (χ2n) is 4.58. The highest BCUT2D eigenvalue weighted by Crippen LogP contribution is 2.36. The normalized spacial score (nSPS) is 19.4. The third-order valence-corrected chi connectivity index (χ3v) is 3.53. The van der Waals surface area contributed by atoms with E-state index in [-0.39, 0.29) is 5.97 Å². The van der Waals surface area contributed by atoms with Crippen LogP contribution in [0.1, 0.15) is 25.3 Å². The zero-order valence-corrected chi connectivity index (χ0v) is 10.6. The van der Waals surface area contributed by atoms with Crippen molar-refractivity contribution in [3.8, 4) is 0 Å². The molecule has 0 aliphatic carbocycles. The van der Waals surface area contributed by atoms with E-state index >= 15 is 0 Å². The van der Waals surface area contributed by atoms with Gasteiger partial charge >= 0.3 is 5.97 Å². The molecule has 94 valence electrons. The molecule has 1 saturated heterocycles. The van der Waals surface area contributed by atoms with Crippen LogP contribution in [-0.2, 0) is 14.9 Å². The van der Waals surface area contributed by atoms with Gasteiger partial charge in [0.2, 0.25) is 0 Å². The van der Waals surface area contributed by atoms with Crippen molar-refractivity contribution in [2.75, 3.05) is 19.7 Å². The van der Waals surface area contributed by atoms with Gasteiger partial charge < -0.3 is 9.55 Å². The third kappa shape index (κ3) is 2.41. The Kier molecular flexibility index (Phi) is 4.02. The van der Waals surface area contributed by atoms with E-state index in [0.29, 0.717) is 32.5 Å². The summed E-state index contributed by atoms with van der Waals surface area (Å²) in [7, 11) is 5.77. The predicted octanol–water partition coefficient (Wildman–Crippen LogP) is 1.06. The molecule has 0 aromatic carbocycles. The summed E-state index contributed by atoms with van der Waals surface area (Å²) in [6.07, 6.45) is 4.81. The van der Waals surface area contributed by atoms with Crippen molar-refractivity contribution >= 4 is 14.0 Å². The number of hydrogen-bond acceptors (Lipinski definition) is 4. The van der Waals surface area contributed by atoms with Gasteiger partial charge in [-0.15, -0.1) is 0 Å². The molecule has 0 N–H and O–H groups in total. The largest absolute Gasteiger partial charge is 0.465 e. The number of carbonyl (C=O) groups excluding carboxylic acids is 1. The SMILES string of the molecule is [B]N1CCC(C(=O)OCC)(c2cccnc2)CC1. The minimum absolute atomic E-state index is 0.161. The molecule has 1 aliphatic heterocycles. The predicted molar refractivity (Wildman–Crippen MR) is 69.1 cm³/mol. The van der Waals surface area contributed by atoms with Gasteiger partial charge in [0.25, 0.3) is 0 Å². The Bertz CT molecular complexity index is 403. The standard InChI is InChI=1S/C13H17BN2O2/c1-2-18-12(17)13(5-8-16(14)9-6-13)11-4-3-7-15-10-11/h3-4,7,10H,2,5-6,8-9H2,1H3. The molecular formula is C13H17BN2O2. The van der Waals surface area contributed by atoms with Gasteiger partial charge in [-0.25, -0.2) is 0 Å². The van der Waals surface area contributed by atoms with Crippen LogP contribution >= 0.6 is 0 Å². The van der Waals surface area contributed by atoms with Crippen molar-refractivity contribution < 1.29 is 9.53 Å². The smallest absolute Gasteiger partial charge is 0.316 e. The lowest BCUT2D eigenvalue weighted by Gasteiger charge is -2.39. The molecule has 5 heteroatoms. The summed E-state index contributed by atoms with van der Waals surface area (Å²) >= 11 is 0. The topological polar surface area (TPSA) is 42.4 Å². The van der Waals surface area contributed by atoms with Crippen LogP contribution in [0, 0.1) is 0 Å². The van der Waals surface area contributed by atoms with Gasteiger partial charge in [-0.2, -0.15) is 0 Å². The highest BCUT2D eigenvalue weighted by Gasteiger charge is 2.43. The number of rotatable bonds is 3. The quantitative estimate of drug-likeness (QED) is 0.589. The van der Waals surface area contributed by atoms with Crippen LogP contribution in [0.5, 0.6) is 0 Å². The lowest BCUT2D eigenvalue weighted by atomic mass is 9.73. The average molecular weight is 244 g/mol. The molecule has 0 atom stereocenters. The van der Waals surface area contributed by atoms with Crippen molar-refractivity contribution in [1.29, 1.82) is 0 Å². The first-order valence-corrected chi connectivity index (χ1v) is 6.26. The molecular weight excluding hydrogens is 227 g/mol. The molecule has 0 unspecified atom stereocenters. The first kappa shape index (κ1) is 13.1. The molecule has 18 heavy (non-hydrogen) atoms. The maximum absolute atomic E-state index is 12.3. The van der Waals surface area contributed by atoms with Crippen molar-refractivity contribution in [3.05, 3.63) is 30.1 Å². The summed E-state index contributed by atoms with van der Waals surface area (Å²) in [5, 5.41) is 0. The van der Waals surface area contributed by atoms with Crippen LogP contribution in [0.4, 0.5) is 0 Å². The van der Waals surface area contributed by atoms with Crippen molar-refractivity contribution in [1.82, 2.24) is 9.79 Å². The molecule has 1 aromatic rings. The molecule has 4 nitrogen and oxygen atoms in total. The molecule has 1 fully saturated rings. The van der Waals surface area contributed by atoms with E-state index in [1.54, 1.807) is 17.2 Å². The second kappa shape index (κ2) is 5.52. The summed E-state index contributed by atoms with van der Waals surface area (Å²) < 4.78 is 5.25. The summed E-state index contributed by atoms with van der Waals surface area (Å²) in [5.41, 5.74) is 0.344. The van der Waals surface area contributed by atoms with Gasteiger partial charge in [0.15, 0.2) is 7.98 Å². The molecule has 1 aliphatic rings. The van der Waals surface area contributed by atoms with Crippen LogP contribution in [0.25, 0.3) is 0 Å². The van der Waals surface area contributed by atoms with Crippen LogP contribution in [0.3, 0.4) is 0 Å². The first-order chi connectivity index (χ1) is 8.69. The fourth-order valence-corrected chi connectivity index (χ4v) is 2.43. The van der Waals surface area contributed by atoms with Crippen LogP contribution in [-0.4, -0.2) is 43.4 Å². The highest BCUT2D eigenvalue weighted by atomic mass is 16.5. The summed E-state index contributed by atoms with van der Waals surface area (Å²) in [5.74, 6) is -0.161. The zero-order chi connectivity index (χ0) is 13.0. The van der Waals surface area contributed by atoms with E-state index in [9.17, 15) is 4.79 Å². The summed E-state index contributed by atoms with van der Waals surface area (Å²) in [4.78, 5) is 18.2. The van der Waals surface area contributed by atoms with E-state index < -0.39 is 5.41 Å². The molecule has 2 heterocycles. The maximum atomic E-state index is 12.3. The van der Waals surface area contributed by atoms with E-state index in [1.165, 1.54) is 0 Å². The van der Waals surface area contributed by atoms with Gasteiger partial charge in [0.05, 0.1) is 12.0 Å². The lowest BCUT2D eigenvalue weighted by Crippen LogP contribution is -2.47. The van der Waals surface area contributed by atoms with Gasteiger partial charge in [0, 0.05) is 12.4 Å². The fraction of sp³-hybridized carbons (Fsp3) is 0.538. The molecule has 1 aromatic heterocycles. The molecule has 0 saturated carbocycles. The number of hydrogen-bond donors (Lipinski definition) is 0. The molecule has 2 rings (SSSR count). The van der Waals surface area contributed by atoms with E-state index in [2.05, 4.69) is 4.98 Å². The van der Waals surface area contributed by atoms with Crippen LogP contribution in [0.15, 0.2) is 24.5 Å². The minimum Gasteiger partial charge on any atom is -0.465 e. The van der Waals surface area contributed by atoms with Gasteiger partial charge in [-0.3, -0.25) is 9.78 Å². The Labute approximate surface area is 109 Å². The Morgan fingerprint density at radius 3 is 2.83 bits per heavy atom. The van der Waals surface area contributed by atoms with Crippen LogP contribution < -0.4 is 0 Å². The van der Waals surface area contributed by atoms with Crippen molar-refractivity contribution in [3.63, 3.8) is 0 Å². The first-order valence-electron chi connectivity index (χ1n) is 6.26. The second-order valence-corrected chi connectivity index (χ2v) is 4.58. The number of esters is 1. The number of nitrogens with zero attached hydrogens (tertiary/aromatic N) is 2. The Morgan fingerprint density at radius 1 is 1.56 bits per heavy atom. The zero-order valence-electron chi connectivity index (χ0n) is 10.6. The third-order valence-electron chi connectivity index (χ3n) is 3.53. The number of piperidine rings is 1. The van der Waals surface area contributed by atoms with E-state index in [4.69, 9.17) is 12.7 Å². The van der Waals surface area contributed by atoms with Gasteiger partial charge in [0.1, 0.15) is 0 Å². The van der Waals surface area contributed by atoms with E-state index in [1.807, 2.05) is 19.1 Å². The maximum Gasteiger partial charge on any atom is 0.316 e. The van der Waals surface area contributed by atoms with Crippen molar-refractivity contribution in [2.45, 2.75) is 25.2 Å². The number of carbonyl (C=O) groups is 1. The number of ether oxygens (including phenoxy) is 1. The average Bonchev–Trinajstić information content (AvgIpc) is 2.41. The fourth-order valence-electron chi connectivity index (χ4n) is 2.43. The number of aromatic nitrogens is 1. The molecule has 0 spiro atoms. The molecule has 0 amide bonds. The summed E-state index contributed by atoms with van der Waals surface area (Å²) in [6.45, 7) is 3.60. The van der Waals surface area contributed by atoms with E-state index in [0.717, 1.165) is 5.56 Å². The highest BCUT2D eigenvalue weighted by molar-refractivity contribution is 6.04. The Hall–Kier alpha value is -1.36. The molecule has 0 bridgehead atoms. The molecule has 2 radical (unpaired) electrons. The van der Waals surface area contributed by atoms with Crippen LogP contribution in [0.2, 0.25) is 0 Å². The van der Waals surface area contributed by atoms with Gasteiger partial charge in [-0.1, -0.05) is 6.07 Å². The summed E-state index contributed by atoms with van der Waals surface area (Å²) in [6, 6.07) is 3.79. The lowest BCUT2D eigenvalue weighted by molar-refractivity contribution is -0.152. The Balaban J connectivity index is 2.31. The Morgan fingerprint density at radius 2 is 2.28 bits per heavy atom.